The molecule has 0 saturated heterocycles. The largest absolute Gasteiger partial charge is 0.486 e. The van der Waals surface area contributed by atoms with Crippen LogP contribution in [0.15, 0.2) is 16.6 Å². The van der Waals surface area contributed by atoms with E-state index in [1.165, 1.54) is 0 Å². The highest BCUT2D eigenvalue weighted by Crippen LogP contribution is 2.39. The maximum Gasteiger partial charge on any atom is 0.180 e. The number of ether oxygens (including phenoxy) is 1. The highest BCUT2D eigenvalue weighted by atomic mass is 79.9. The average Bonchev–Trinajstić information content (AvgIpc) is 2.49. The number of ketones is 1. The fourth-order valence-corrected chi connectivity index (χ4v) is 2.50. The quantitative estimate of drug-likeness (QED) is 0.848. The first-order chi connectivity index (χ1) is 7.43. The summed E-state index contributed by atoms with van der Waals surface area (Å²) in [6.07, 6.45) is 0.812. The zero-order valence-corrected chi connectivity index (χ0v) is 10.9. The lowest BCUT2D eigenvalue weighted by atomic mass is 9.99. The van der Waals surface area contributed by atoms with Gasteiger partial charge in [-0.1, -0.05) is 15.9 Å². The fraction of sp³-hybridized carbons (Fsp3) is 0.417. The third-order valence-corrected chi connectivity index (χ3v) is 3.07. The number of Topliss-reactive ketones (excluding diaryl/α,β-unsaturated/α-hetero) is 1. The van der Waals surface area contributed by atoms with Crippen LogP contribution in [0.4, 0.5) is 0 Å². The minimum Gasteiger partial charge on any atom is -0.486 e. The van der Waals surface area contributed by atoms with Gasteiger partial charge in [0.05, 0.1) is 12.1 Å². The summed E-state index contributed by atoms with van der Waals surface area (Å²) in [6.45, 7) is 4.03. The van der Waals surface area contributed by atoms with Crippen molar-refractivity contribution in [3.05, 3.63) is 27.7 Å². The van der Waals surface area contributed by atoms with Crippen LogP contribution < -0.4 is 10.5 Å². The summed E-state index contributed by atoms with van der Waals surface area (Å²) >= 11 is 3.40. The van der Waals surface area contributed by atoms with Crippen LogP contribution >= 0.6 is 15.9 Å². The topological polar surface area (TPSA) is 52.3 Å². The smallest absolute Gasteiger partial charge is 0.180 e. The Morgan fingerprint density at radius 3 is 2.88 bits per heavy atom. The first kappa shape index (κ1) is 11.6. The molecule has 0 unspecified atom stereocenters. The van der Waals surface area contributed by atoms with Gasteiger partial charge in [0.2, 0.25) is 0 Å². The molecule has 4 heteroatoms. The number of carbonyl (C=O) groups is 1. The zero-order valence-electron chi connectivity index (χ0n) is 9.34. The molecule has 0 spiro atoms. The molecule has 0 amide bonds. The van der Waals surface area contributed by atoms with Crippen molar-refractivity contribution in [1.82, 2.24) is 0 Å². The van der Waals surface area contributed by atoms with Gasteiger partial charge in [0.15, 0.2) is 5.78 Å². The van der Waals surface area contributed by atoms with Gasteiger partial charge in [-0.2, -0.15) is 0 Å². The molecule has 2 rings (SSSR count). The maximum absolute atomic E-state index is 11.7. The molecule has 0 bridgehead atoms. The van der Waals surface area contributed by atoms with Crippen LogP contribution in [0.25, 0.3) is 0 Å². The molecule has 1 aromatic carbocycles. The summed E-state index contributed by atoms with van der Waals surface area (Å²) in [5, 5.41) is 0. The van der Waals surface area contributed by atoms with Crippen LogP contribution in [0, 0.1) is 0 Å². The van der Waals surface area contributed by atoms with Gasteiger partial charge in [-0.25, -0.2) is 0 Å². The number of fused-ring (bicyclic) bond motifs is 1. The van der Waals surface area contributed by atoms with E-state index in [1.807, 2.05) is 19.9 Å². The van der Waals surface area contributed by atoms with E-state index in [0.29, 0.717) is 11.3 Å². The highest BCUT2D eigenvalue weighted by Gasteiger charge is 2.33. The van der Waals surface area contributed by atoms with Crippen molar-refractivity contribution < 1.29 is 9.53 Å². The average molecular weight is 284 g/mol. The van der Waals surface area contributed by atoms with E-state index in [2.05, 4.69) is 15.9 Å². The monoisotopic (exact) mass is 283 g/mol. The number of rotatable bonds is 2. The minimum atomic E-state index is -0.243. The Bertz CT molecular complexity index is 455. The zero-order chi connectivity index (χ0) is 11.9. The molecule has 0 aliphatic carbocycles. The standard InChI is InChI=1S/C12H14BrNO2/c1-12(2)5-7-3-8(13)4-9(10(15)6-14)11(7)16-12/h3-4H,5-6,14H2,1-2H3. The van der Waals surface area contributed by atoms with Crippen molar-refractivity contribution >= 4 is 21.7 Å². The van der Waals surface area contributed by atoms with E-state index in [-0.39, 0.29) is 17.9 Å². The number of nitrogens with two attached hydrogens (primary N) is 1. The lowest BCUT2D eigenvalue weighted by Gasteiger charge is -2.17. The van der Waals surface area contributed by atoms with Crippen LogP contribution in [-0.4, -0.2) is 17.9 Å². The van der Waals surface area contributed by atoms with E-state index >= 15 is 0 Å². The van der Waals surface area contributed by atoms with Crippen molar-refractivity contribution in [1.29, 1.82) is 0 Å². The lowest BCUT2D eigenvalue weighted by molar-refractivity contribution is 0.0986. The summed E-state index contributed by atoms with van der Waals surface area (Å²) in [7, 11) is 0. The lowest BCUT2D eigenvalue weighted by Crippen LogP contribution is -2.25. The van der Waals surface area contributed by atoms with Crippen molar-refractivity contribution in [3.8, 4) is 5.75 Å². The third kappa shape index (κ3) is 1.99. The molecule has 0 atom stereocenters. The molecular weight excluding hydrogens is 270 g/mol. The Labute approximate surface area is 103 Å². The second-order valence-corrected chi connectivity index (χ2v) is 5.52. The molecular formula is C12H14BrNO2. The molecule has 2 N–H and O–H groups in total. The van der Waals surface area contributed by atoms with Crippen LogP contribution in [0.5, 0.6) is 5.75 Å². The van der Waals surface area contributed by atoms with E-state index in [9.17, 15) is 4.79 Å². The molecule has 3 nitrogen and oxygen atoms in total. The number of benzene rings is 1. The van der Waals surface area contributed by atoms with Crippen LogP contribution in [0.3, 0.4) is 0 Å². The first-order valence-electron chi connectivity index (χ1n) is 5.17. The van der Waals surface area contributed by atoms with Crippen LogP contribution in [0.2, 0.25) is 0 Å². The molecule has 1 aliphatic heterocycles. The number of carbonyl (C=O) groups excluding carboxylic acids is 1. The van der Waals surface area contributed by atoms with E-state index < -0.39 is 0 Å². The number of halogens is 1. The van der Waals surface area contributed by atoms with Gasteiger partial charge in [0.1, 0.15) is 11.4 Å². The van der Waals surface area contributed by atoms with Gasteiger partial charge < -0.3 is 10.5 Å². The fourth-order valence-electron chi connectivity index (χ4n) is 1.99. The second-order valence-electron chi connectivity index (χ2n) is 4.61. The molecule has 0 aromatic heterocycles. The van der Waals surface area contributed by atoms with E-state index in [0.717, 1.165) is 16.5 Å². The molecule has 0 fully saturated rings. The summed E-state index contributed by atoms with van der Waals surface area (Å²) in [5.74, 6) is 0.610. The minimum absolute atomic E-state index is 0.00663. The van der Waals surface area contributed by atoms with Crippen molar-refractivity contribution in [2.45, 2.75) is 25.9 Å². The summed E-state index contributed by atoms with van der Waals surface area (Å²) in [6, 6.07) is 3.77. The van der Waals surface area contributed by atoms with Gasteiger partial charge in [-0.15, -0.1) is 0 Å². The molecule has 86 valence electrons. The summed E-state index contributed by atoms with van der Waals surface area (Å²) in [4.78, 5) is 11.7. The van der Waals surface area contributed by atoms with Gasteiger partial charge >= 0.3 is 0 Å². The first-order valence-corrected chi connectivity index (χ1v) is 5.97. The van der Waals surface area contributed by atoms with Gasteiger partial charge in [-0.3, -0.25) is 4.79 Å². The van der Waals surface area contributed by atoms with Gasteiger partial charge in [0.25, 0.3) is 0 Å². The summed E-state index contributed by atoms with van der Waals surface area (Å²) < 4.78 is 6.70. The normalized spacial score (nSPS) is 16.8. The van der Waals surface area contributed by atoms with Crippen LogP contribution in [-0.2, 0) is 6.42 Å². The molecule has 0 radical (unpaired) electrons. The number of hydrogen-bond acceptors (Lipinski definition) is 3. The molecule has 1 aromatic rings. The predicted molar refractivity (Wildman–Crippen MR) is 65.9 cm³/mol. The Balaban J connectivity index is 2.53. The van der Waals surface area contributed by atoms with Gasteiger partial charge in [0, 0.05) is 10.9 Å². The molecule has 1 heterocycles. The van der Waals surface area contributed by atoms with Crippen LogP contribution in [0.1, 0.15) is 29.8 Å². The number of hydrogen-bond donors (Lipinski definition) is 1. The predicted octanol–water partition coefficient (Wildman–Crippen LogP) is 2.30. The third-order valence-electron chi connectivity index (χ3n) is 2.61. The van der Waals surface area contributed by atoms with E-state index in [1.54, 1.807) is 6.07 Å². The Morgan fingerprint density at radius 1 is 1.56 bits per heavy atom. The second kappa shape index (κ2) is 3.86. The Morgan fingerprint density at radius 2 is 2.25 bits per heavy atom. The highest BCUT2D eigenvalue weighted by molar-refractivity contribution is 9.10. The SMILES string of the molecule is CC1(C)Cc2cc(Br)cc(C(=O)CN)c2O1. The molecule has 1 aliphatic rings. The summed E-state index contributed by atoms with van der Waals surface area (Å²) in [5.41, 5.74) is 6.80. The Hall–Kier alpha value is -0.870. The maximum atomic E-state index is 11.7. The van der Waals surface area contributed by atoms with E-state index in [4.69, 9.17) is 10.5 Å². The molecule has 16 heavy (non-hydrogen) atoms. The Kier molecular flexibility index (Phi) is 2.80. The van der Waals surface area contributed by atoms with Gasteiger partial charge in [-0.05, 0) is 31.5 Å². The molecule has 0 saturated carbocycles. The van der Waals surface area contributed by atoms with Crippen molar-refractivity contribution in [3.63, 3.8) is 0 Å². The van der Waals surface area contributed by atoms with Crippen molar-refractivity contribution in [2.75, 3.05) is 6.54 Å². The van der Waals surface area contributed by atoms with Crippen molar-refractivity contribution in [2.24, 2.45) is 5.73 Å².